The van der Waals surface area contributed by atoms with Gasteiger partial charge in [-0.1, -0.05) is 12.8 Å². The molecular formula is C17H29NOS. The largest absolute Gasteiger partial charge is 0.374 e. The topological polar surface area (TPSA) is 35.2 Å². The van der Waals surface area contributed by atoms with Crippen molar-refractivity contribution in [2.24, 2.45) is 23.5 Å². The van der Waals surface area contributed by atoms with Crippen molar-refractivity contribution < 1.29 is 4.74 Å². The van der Waals surface area contributed by atoms with Crippen LogP contribution in [0.25, 0.3) is 0 Å². The quantitative estimate of drug-likeness (QED) is 0.845. The number of hydrogen-bond donors (Lipinski definition) is 1. The number of hydrogen-bond acceptors (Lipinski definition) is 3. The van der Waals surface area contributed by atoms with Crippen LogP contribution in [0.15, 0.2) is 0 Å². The predicted octanol–water partition coefficient (Wildman–Crippen LogP) is 3.59. The van der Waals surface area contributed by atoms with Gasteiger partial charge in [0.15, 0.2) is 0 Å². The minimum absolute atomic E-state index is 0.134. The summed E-state index contributed by atoms with van der Waals surface area (Å²) in [6, 6.07) is 0. The number of nitrogens with two attached hydrogens (primary N) is 1. The van der Waals surface area contributed by atoms with Crippen molar-refractivity contribution >= 4 is 11.8 Å². The van der Waals surface area contributed by atoms with Gasteiger partial charge in [-0.15, -0.1) is 0 Å². The molecule has 1 spiro atoms. The fourth-order valence-electron chi connectivity index (χ4n) is 5.11. The summed E-state index contributed by atoms with van der Waals surface area (Å²) >= 11 is 2.08. The van der Waals surface area contributed by atoms with Crippen LogP contribution < -0.4 is 5.73 Å². The Labute approximate surface area is 127 Å². The van der Waals surface area contributed by atoms with E-state index >= 15 is 0 Å². The van der Waals surface area contributed by atoms with Crippen LogP contribution in [-0.4, -0.2) is 29.3 Å². The van der Waals surface area contributed by atoms with E-state index in [1.165, 1.54) is 69.3 Å². The molecule has 0 bridgehead atoms. The SMILES string of the molecule is NC1(C2CCOC3(CCSC3)C2)CCCC(C2CC2)C1. The Balaban J connectivity index is 1.47. The Morgan fingerprint density at radius 1 is 1.00 bits per heavy atom. The number of rotatable bonds is 2. The highest BCUT2D eigenvalue weighted by molar-refractivity contribution is 7.99. The van der Waals surface area contributed by atoms with E-state index in [1.807, 2.05) is 0 Å². The lowest BCUT2D eigenvalue weighted by Gasteiger charge is -2.49. The van der Waals surface area contributed by atoms with Gasteiger partial charge < -0.3 is 10.5 Å². The number of thioether (sulfide) groups is 1. The molecule has 2 aliphatic carbocycles. The lowest BCUT2D eigenvalue weighted by molar-refractivity contribution is -0.0978. The summed E-state index contributed by atoms with van der Waals surface area (Å²) in [6.45, 7) is 0.957. The predicted molar refractivity (Wildman–Crippen MR) is 84.9 cm³/mol. The summed E-state index contributed by atoms with van der Waals surface area (Å²) in [6.07, 6.45) is 12.1. The maximum absolute atomic E-state index is 6.98. The lowest BCUT2D eigenvalue weighted by Crippen LogP contribution is -2.55. The third-order valence-corrected chi connectivity index (χ3v) is 7.74. The summed E-state index contributed by atoms with van der Waals surface area (Å²) in [4.78, 5) is 0. The molecule has 2 heterocycles. The van der Waals surface area contributed by atoms with Gasteiger partial charge in [0, 0.05) is 17.9 Å². The van der Waals surface area contributed by atoms with E-state index in [2.05, 4.69) is 11.8 Å². The second-order valence-corrected chi connectivity index (χ2v) is 9.06. The maximum atomic E-state index is 6.98. The molecule has 0 radical (unpaired) electrons. The van der Waals surface area contributed by atoms with Crippen LogP contribution >= 0.6 is 11.8 Å². The molecule has 0 amide bonds. The molecule has 4 unspecified atom stereocenters. The van der Waals surface area contributed by atoms with Crippen LogP contribution in [0, 0.1) is 17.8 Å². The highest BCUT2D eigenvalue weighted by Gasteiger charge is 2.49. The highest BCUT2D eigenvalue weighted by Crippen LogP contribution is 2.51. The molecule has 4 fully saturated rings. The van der Waals surface area contributed by atoms with Gasteiger partial charge in [0.2, 0.25) is 0 Å². The second kappa shape index (κ2) is 5.17. The van der Waals surface area contributed by atoms with Gasteiger partial charge in [-0.05, 0) is 68.5 Å². The van der Waals surface area contributed by atoms with Gasteiger partial charge in [0.1, 0.15) is 0 Å². The lowest BCUT2D eigenvalue weighted by atomic mass is 9.64. The Morgan fingerprint density at radius 2 is 1.90 bits per heavy atom. The molecule has 2 nitrogen and oxygen atoms in total. The van der Waals surface area contributed by atoms with Crippen molar-refractivity contribution in [1.82, 2.24) is 0 Å². The molecule has 2 N–H and O–H groups in total. The molecule has 4 atom stereocenters. The summed E-state index contributed by atoms with van der Waals surface area (Å²) < 4.78 is 6.20. The van der Waals surface area contributed by atoms with Gasteiger partial charge >= 0.3 is 0 Å². The number of ether oxygens (including phenoxy) is 1. The van der Waals surface area contributed by atoms with Crippen LogP contribution in [0.2, 0.25) is 0 Å². The minimum atomic E-state index is 0.134. The Kier molecular flexibility index (Phi) is 3.59. The Bertz CT molecular complexity index is 364. The van der Waals surface area contributed by atoms with Crippen molar-refractivity contribution in [2.75, 3.05) is 18.1 Å². The van der Waals surface area contributed by atoms with Gasteiger partial charge in [-0.2, -0.15) is 11.8 Å². The fraction of sp³-hybridized carbons (Fsp3) is 1.00. The molecule has 20 heavy (non-hydrogen) atoms. The first kappa shape index (κ1) is 13.9. The van der Waals surface area contributed by atoms with E-state index in [-0.39, 0.29) is 11.1 Å². The maximum Gasteiger partial charge on any atom is 0.0783 e. The Morgan fingerprint density at radius 3 is 2.65 bits per heavy atom. The van der Waals surface area contributed by atoms with E-state index in [4.69, 9.17) is 10.5 Å². The van der Waals surface area contributed by atoms with E-state index in [0.717, 1.165) is 24.4 Å². The summed E-state index contributed by atoms with van der Waals surface area (Å²) in [5, 5.41) is 0. The van der Waals surface area contributed by atoms with E-state index in [9.17, 15) is 0 Å². The van der Waals surface area contributed by atoms with Gasteiger partial charge in [0.25, 0.3) is 0 Å². The molecule has 0 aromatic carbocycles. The first-order chi connectivity index (χ1) is 9.69. The van der Waals surface area contributed by atoms with Crippen LogP contribution in [0.4, 0.5) is 0 Å². The van der Waals surface area contributed by atoms with Crippen molar-refractivity contribution in [2.45, 2.75) is 68.9 Å². The molecular weight excluding hydrogens is 266 g/mol. The first-order valence-electron chi connectivity index (χ1n) is 8.70. The summed E-state index contributed by atoms with van der Waals surface area (Å²) in [7, 11) is 0. The molecule has 4 rings (SSSR count). The van der Waals surface area contributed by atoms with E-state index in [0.29, 0.717) is 0 Å². The van der Waals surface area contributed by atoms with Crippen molar-refractivity contribution in [3.63, 3.8) is 0 Å². The average molecular weight is 295 g/mol. The van der Waals surface area contributed by atoms with Crippen LogP contribution in [0.3, 0.4) is 0 Å². The zero-order valence-electron chi connectivity index (χ0n) is 12.6. The molecule has 114 valence electrons. The van der Waals surface area contributed by atoms with Crippen molar-refractivity contribution in [1.29, 1.82) is 0 Å². The monoisotopic (exact) mass is 295 g/mol. The molecule has 0 aromatic rings. The smallest absolute Gasteiger partial charge is 0.0783 e. The van der Waals surface area contributed by atoms with Crippen molar-refractivity contribution in [3.8, 4) is 0 Å². The molecule has 2 saturated carbocycles. The third-order valence-electron chi connectivity index (χ3n) is 6.52. The fourth-order valence-corrected chi connectivity index (χ4v) is 6.49. The summed E-state index contributed by atoms with van der Waals surface area (Å²) in [5.74, 6) is 5.21. The minimum Gasteiger partial charge on any atom is -0.374 e. The zero-order chi connectivity index (χ0) is 13.6. The van der Waals surface area contributed by atoms with E-state index in [1.54, 1.807) is 0 Å². The zero-order valence-corrected chi connectivity index (χ0v) is 13.4. The van der Waals surface area contributed by atoms with Gasteiger partial charge in [-0.25, -0.2) is 0 Å². The Hall–Kier alpha value is 0.270. The first-order valence-corrected chi connectivity index (χ1v) is 9.85. The van der Waals surface area contributed by atoms with Crippen LogP contribution in [0.5, 0.6) is 0 Å². The average Bonchev–Trinajstić information content (AvgIpc) is 3.22. The standard InChI is InChI=1S/C17H29NOS/c18-17(6-1-2-14(10-17)13-3-4-13)15-5-8-19-16(11-15)7-9-20-12-16/h13-15H,1-12,18H2. The molecule has 3 heteroatoms. The molecule has 0 aromatic heterocycles. The van der Waals surface area contributed by atoms with E-state index < -0.39 is 0 Å². The highest BCUT2D eigenvalue weighted by atomic mass is 32.2. The van der Waals surface area contributed by atoms with Crippen LogP contribution in [0.1, 0.15) is 57.8 Å². The molecule has 2 aliphatic heterocycles. The molecule has 4 aliphatic rings. The second-order valence-electron chi connectivity index (χ2n) is 7.95. The van der Waals surface area contributed by atoms with Gasteiger partial charge in [-0.3, -0.25) is 0 Å². The third kappa shape index (κ3) is 2.55. The molecule has 2 saturated heterocycles. The van der Waals surface area contributed by atoms with Crippen molar-refractivity contribution in [3.05, 3.63) is 0 Å². The normalized spacial score (nSPS) is 49.6. The van der Waals surface area contributed by atoms with Gasteiger partial charge in [0.05, 0.1) is 5.60 Å². The summed E-state index contributed by atoms with van der Waals surface area (Å²) in [5.41, 5.74) is 7.31. The van der Waals surface area contributed by atoms with Crippen LogP contribution in [-0.2, 0) is 4.74 Å².